The van der Waals surface area contributed by atoms with Crippen molar-refractivity contribution in [1.29, 1.82) is 0 Å². The summed E-state index contributed by atoms with van der Waals surface area (Å²) in [6.07, 6.45) is 0. The van der Waals surface area contributed by atoms with E-state index in [0.717, 1.165) is 17.9 Å². The van der Waals surface area contributed by atoms with Crippen LogP contribution in [0.3, 0.4) is 0 Å². The molecule has 0 aliphatic rings. The average molecular weight is 273 g/mol. The van der Waals surface area contributed by atoms with Crippen LogP contribution in [0.2, 0.25) is 0 Å². The molecule has 0 unspecified atom stereocenters. The van der Waals surface area contributed by atoms with E-state index in [0.29, 0.717) is 11.9 Å². The van der Waals surface area contributed by atoms with E-state index in [4.69, 9.17) is 4.74 Å². The van der Waals surface area contributed by atoms with Gasteiger partial charge in [0.05, 0.1) is 0 Å². The Morgan fingerprint density at radius 2 is 1.90 bits per heavy atom. The van der Waals surface area contributed by atoms with Crippen LogP contribution in [0, 0.1) is 6.92 Å². The lowest BCUT2D eigenvalue weighted by molar-refractivity contribution is 0.437. The standard InChI is InChI=1S/C14H19N5O/c1-5-15-12-16-13(19(3)4)18-14(17-12)20-11-9-7-6-8-10(11)2/h6-9H,5H2,1-4H3,(H,15,16,17,18). The first-order chi connectivity index (χ1) is 9.60. The maximum atomic E-state index is 5.76. The van der Waals surface area contributed by atoms with Crippen molar-refractivity contribution < 1.29 is 4.74 Å². The van der Waals surface area contributed by atoms with Crippen LogP contribution in [0.1, 0.15) is 12.5 Å². The number of rotatable bonds is 5. The molecule has 1 heterocycles. The Bertz CT molecular complexity index is 586. The van der Waals surface area contributed by atoms with Crippen molar-refractivity contribution in [2.75, 3.05) is 30.9 Å². The smallest absolute Gasteiger partial charge is 0.328 e. The number of aromatic nitrogens is 3. The Kier molecular flexibility index (Phi) is 4.34. The van der Waals surface area contributed by atoms with Crippen LogP contribution in [0.25, 0.3) is 0 Å². The third kappa shape index (κ3) is 3.34. The normalized spacial score (nSPS) is 10.2. The van der Waals surface area contributed by atoms with Gasteiger partial charge in [0.15, 0.2) is 0 Å². The number of para-hydroxylation sites is 1. The molecule has 0 aliphatic carbocycles. The minimum absolute atomic E-state index is 0.286. The summed E-state index contributed by atoms with van der Waals surface area (Å²) in [7, 11) is 3.76. The van der Waals surface area contributed by atoms with Gasteiger partial charge in [-0.1, -0.05) is 18.2 Å². The lowest BCUT2D eigenvalue weighted by atomic mass is 10.2. The molecule has 6 nitrogen and oxygen atoms in total. The largest absolute Gasteiger partial charge is 0.424 e. The van der Waals surface area contributed by atoms with Crippen molar-refractivity contribution in [2.24, 2.45) is 0 Å². The van der Waals surface area contributed by atoms with Gasteiger partial charge in [-0.3, -0.25) is 0 Å². The summed E-state index contributed by atoms with van der Waals surface area (Å²) < 4.78 is 5.76. The van der Waals surface area contributed by atoms with E-state index in [2.05, 4.69) is 20.3 Å². The van der Waals surface area contributed by atoms with Gasteiger partial charge in [0, 0.05) is 20.6 Å². The number of nitrogens with zero attached hydrogens (tertiary/aromatic N) is 4. The van der Waals surface area contributed by atoms with Crippen LogP contribution in [-0.2, 0) is 0 Å². The summed E-state index contributed by atoms with van der Waals surface area (Å²) in [5.74, 6) is 1.81. The van der Waals surface area contributed by atoms with Crippen LogP contribution < -0.4 is 15.0 Å². The molecule has 0 bridgehead atoms. The molecule has 1 aromatic carbocycles. The molecule has 1 N–H and O–H groups in total. The molecule has 0 saturated heterocycles. The third-order valence-electron chi connectivity index (χ3n) is 2.63. The van der Waals surface area contributed by atoms with Crippen LogP contribution >= 0.6 is 0 Å². The zero-order valence-corrected chi connectivity index (χ0v) is 12.2. The molecule has 0 atom stereocenters. The molecule has 0 spiro atoms. The number of hydrogen-bond acceptors (Lipinski definition) is 6. The van der Waals surface area contributed by atoms with Gasteiger partial charge >= 0.3 is 6.01 Å². The van der Waals surface area contributed by atoms with Crippen molar-refractivity contribution in [3.8, 4) is 11.8 Å². The van der Waals surface area contributed by atoms with Gasteiger partial charge in [0.25, 0.3) is 0 Å². The zero-order chi connectivity index (χ0) is 14.5. The maximum absolute atomic E-state index is 5.76. The zero-order valence-electron chi connectivity index (χ0n) is 12.2. The Morgan fingerprint density at radius 3 is 2.55 bits per heavy atom. The SMILES string of the molecule is CCNc1nc(Oc2ccccc2C)nc(N(C)C)n1. The first kappa shape index (κ1) is 14.0. The van der Waals surface area contributed by atoms with Crippen molar-refractivity contribution in [1.82, 2.24) is 15.0 Å². The molecule has 20 heavy (non-hydrogen) atoms. The van der Waals surface area contributed by atoms with E-state index in [1.54, 1.807) is 0 Å². The molecular formula is C14H19N5O. The van der Waals surface area contributed by atoms with E-state index in [9.17, 15) is 0 Å². The van der Waals surface area contributed by atoms with Crippen molar-refractivity contribution in [3.05, 3.63) is 29.8 Å². The van der Waals surface area contributed by atoms with E-state index in [-0.39, 0.29) is 6.01 Å². The maximum Gasteiger partial charge on any atom is 0.328 e. The number of hydrogen-bond donors (Lipinski definition) is 1. The summed E-state index contributed by atoms with van der Waals surface area (Å²) >= 11 is 0. The molecule has 0 saturated carbocycles. The predicted molar refractivity (Wildman–Crippen MR) is 79.6 cm³/mol. The Labute approximate surface area is 118 Å². The van der Waals surface area contributed by atoms with Gasteiger partial charge in [-0.15, -0.1) is 0 Å². The van der Waals surface area contributed by atoms with Crippen LogP contribution in [0.4, 0.5) is 11.9 Å². The van der Waals surface area contributed by atoms with Crippen LogP contribution in [0.15, 0.2) is 24.3 Å². The molecule has 106 valence electrons. The lowest BCUT2D eigenvalue weighted by Crippen LogP contribution is -2.15. The van der Waals surface area contributed by atoms with E-state index >= 15 is 0 Å². The fourth-order valence-electron chi connectivity index (χ4n) is 1.60. The van der Waals surface area contributed by atoms with Crippen LogP contribution in [-0.4, -0.2) is 35.6 Å². The summed E-state index contributed by atoms with van der Waals surface area (Å²) in [4.78, 5) is 14.7. The molecule has 2 rings (SSSR count). The van der Waals surface area contributed by atoms with Crippen molar-refractivity contribution in [3.63, 3.8) is 0 Å². The molecule has 2 aromatic rings. The molecule has 0 fully saturated rings. The third-order valence-corrected chi connectivity index (χ3v) is 2.63. The molecule has 6 heteroatoms. The Morgan fingerprint density at radius 1 is 1.15 bits per heavy atom. The first-order valence-electron chi connectivity index (χ1n) is 6.51. The fourth-order valence-corrected chi connectivity index (χ4v) is 1.60. The summed E-state index contributed by atoms with van der Waals surface area (Å²) in [5, 5.41) is 3.07. The van der Waals surface area contributed by atoms with Crippen molar-refractivity contribution >= 4 is 11.9 Å². The summed E-state index contributed by atoms with van der Waals surface area (Å²) in [5.41, 5.74) is 1.03. The minimum Gasteiger partial charge on any atom is -0.424 e. The number of aryl methyl sites for hydroxylation is 1. The number of ether oxygens (including phenoxy) is 1. The highest BCUT2D eigenvalue weighted by molar-refractivity contribution is 5.39. The highest BCUT2D eigenvalue weighted by Gasteiger charge is 2.10. The number of nitrogens with one attached hydrogen (secondary N) is 1. The number of anilines is 2. The second-order valence-electron chi connectivity index (χ2n) is 4.53. The highest BCUT2D eigenvalue weighted by Crippen LogP contribution is 2.23. The van der Waals surface area contributed by atoms with Crippen LogP contribution in [0.5, 0.6) is 11.8 Å². The topological polar surface area (TPSA) is 63.2 Å². The molecular weight excluding hydrogens is 254 g/mol. The van der Waals surface area contributed by atoms with E-state index < -0.39 is 0 Å². The predicted octanol–water partition coefficient (Wildman–Crippen LogP) is 2.47. The minimum atomic E-state index is 0.286. The second kappa shape index (κ2) is 6.18. The highest BCUT2D eigenvalue weighted by atomic mass is 16.5. The summed E-state index contributed by atoms with van der Waals surface area (Å²) in [6.45, 7) is 4.70. The second-order valence-corrected chi connectivity index (χ2v) is 4.53. The van der Waals surface area contributed by atoms with Gasteiger partial charge < -0.3 is 15.0 Å². The first-order valence-corrected chi connectivity index (χ1v) is 6.51. The van der Waals surface area contributed by atoms with Gasteiger partial charge in [-0.05, 0) is 25.5 Å². The molecule has 0 amide bonds. The monoisotopic (exact) mass is 273 g/mol. The van der Waals surface area contributed by atoms with Gasteiger partial charge in [0.2, 0.25) is 11.9 Å². The van der Waals surface area contributed by atoms with Gasteiger partial charge in [0.1, 0.15) is 5.75 Å². The Balaban J connectivity index is 2.33. The molecule has 1 aromatic heterocycles. The van der Waals surface area contributed by atoms with Crippen molar-refractivity contribution in [2.45, 2.75) is 13.8 Å². The Hall–Kier alpha value is -2.37. The molecule has 0 radical (unpaired) electrons. The lowest BCUT2D eigenvalue weighted by Gasteiger charge is -2.13. The molecule has 0 aliphatic heterocycles. The average Bonchev–Trinajstić information content (AvgIpc) is 2.41. The van der Waals surface area contributed by atoms with Gasteiger partial charge in [-0.25, -0.2) is 0 Å². The van der Waals surface area contributed by atoms with E-state index in [1.165, 1.54) is 0 Å². The van der Waals surface area contributed by atoms with E-state index in [1.807, 2.05) is 57.1 Å². The fraction of sp³-hybridized carbons (Fsp3) is 0.357. The quantitative estimate of drug-likeness (QED) is 0.903. The summed E-state index contributed by atoms with van der Waals surface area (Å²) in [6, 6.07) is 8.04. The number of benzene rings is 1. The van der Waals surface area contributed by atoms with Gasteiger partial charge in [-0.2, -0.15) is 15.0 Å².